The number of piperidine rings is 1. The predicted octanol–water partition coefficient (Wildman–Crippen LogP) is 1.41. The van der Waals surface area contributed by atoms with Gasteiger partial charge >= 0.3 is 0 Å². The first-order chi connectivity index (χ1) is 7.79. The zero-order chi connectivity index (χ0) is 11.4. The van der Waals surface area contributed by atoms with Gasteiger partial charge in [0.2, 0.25) is 5.88 Å². The Morgan fingerprint density at radius 2 is 2.19 bits per heavy atom. The molecule has 1 saturated heterocycles. The van der Waals surface area contributed by atoms with Gasteiger partial charge in [-0.25, -0.2) is 0 Å². The Balaban J connectivity index is 2.05. The fourth-order valence-electron chi connectivity index (χ4n) is 1.94. The van der Waals surface area contributed by atoms with Gasteiger partial charge in [0.25, 0.3) is 0 Å². The second kappa shape index (κ2) is 5.16. The molecule has 0 saturated carbocycles. The molecule has 1 aliphatic rings. The van der Waals surface area contributed by atoms with Crippen molar-refractivity contribution in [2.75, 3.05) is 24.6 Å². The molecule has 2 N–H and O–H groups in total. The van der Waals surface area contributed by atoms with Crippen molar-refractivity contribution in [3.05, 3.63) is 18.2 Å². The topological polar surface area (TPSA) is 51.4 Å². The molecule has 0 radical (unpaired) electrons. The largest absolute Gasteiger partial charge is 0.478 e. The van der Waals surface area contributed by atoms with Crippen LogP contribution in [0.2, 0.25) is 0 Å². The molecule has 1 aliphatic heterocycles. The van der Waals surface area contributed by atoms with E-state index >= 15 is 0 Å². The first kappa shape index (κ1) is 11.2. The average molecular weight is 221 g/mol. The van der Waals surface area contributed by atoms with Crippen LogP contribution in [0.1, 0.15) is 19.8 Å². The lowest BCUT2D eigenvalue weighted by Crippen LogP contribution is -2.40. The van der Waals surface area contributed by atoms with Crippen LogP contribution in [0.4, 0.5) is 5.82 Å². The van der Waals surface area contributed by atoms with Crippen molar-refractivity contribution >= 4 is 5.82 Å². The van der Waals surface area contributed by atoms with Crippen LogP contribution in [-0.2, 0) is 0 Å². The van der Waals surface area contributed by atoms with E-state index in [1.807, 2.05) is 25.1 Å². The van der Waals surface area contributed by atoms with Crippen LogP contribution in [0, 0.1) is 0 Å². The number of hydrogen-bond acceptors (Lipinski definition) is 4. The van der Waals surface area contributed by atoms with Gasteiger partial charge in [0, 0.05) is 25.2 Å². The van der Waals surface area contributed by atoms with E-state index in [1.54, 1.807) is 0 Å². The quantitative estimate of drug-likeness (QED) is 0.838. The van der Waals surface area contributed by atoms with E-state index in [1.165, 1.54) is 0 Å². The van der Waals surface area contributed by atoms with Crippen molar-refractivity contribution in [1.82, 2.24) is 4.98 Å². The van der Waals surface area contributed by atoms with Gasteiger partial charge < -0.3 is 15.4 Å². The maximum absolute atomic E-state index is 5.88. The molecule has 0 spiro atoms. The molecule has 0 unspecified atom stereocenters. The van der Waals surface area contributed by atoms with Crippen LogP contribution in [0.15, 0.2) is 18.2 Å². The van der Waals surface area contributed by atoms with Crippen molar-refractivity contribution in [3.63, 3.8) is 0 Å². The second-order valence-electron chi connectivity index (χ2n) is 4.09. The van der Waals surface area contributed by atoms with E-state index in [-0.39, 0.29) is 0 Å². The molecular weight excluding hydrogens is 202 g/mol. The standard InChI is InChI=1S/C12H19N3O/c1-2-16-12-5-3-4-11(14-12)15-8-6-10(13)7-9-15/h3-5,10H,2,6-9,13H2,1H3. The normalized spacial score (nSPS) is 17.5. The molecule has 88 valence electrons. The summed E-state index contributed by atoms with van der Waals surface area (Å²) in [7, 11) is 0. The highest BCUT2D eigenvalue weighted by Crippen LogP contribution is 2.19. The van der Waals surface area contributed by atoms with E-state index < -0.39 is 0 Å². The Bertz CT molecular complexity index is 335. The molecule has 16 heavy (non-hydrogen) atoms. The zero-order valence-electron chi connectivity index (χ0n) is 9.72. The predicted molar refractivity (Wildman–Crippen MR) is 64.8 cm³/mol. The Morgan fingerprint density at radius 1 is 1.44 bits per heavy atom. The third-order valence-corrected chi connectivity index (χ3v) is 2.86. The lowest BCUT2D eigenvalue weighted by molar-refractivity contribution is 0.326. The third-order valence-electron chi connectivity index (χ3n) is 2.86. The van der Waals surface area contributed by atoms with Crippen molar-refractivity contribution in [2.45, 2.75) is 25.8 Å². The Morgan fingerprint density at radius 3 is 2.88 bits per heavy atom. The first-order valence-corrected chi connectivity index (χ1v) is 5.90. The fourth-order valence-corrected chi connectivity index (χ4v) is 1.94. The molecular formula is C12H19N3O. The third kappa shape index (κ3) is 2.64. The summed E-state index contributed by atoms with van der Waals surface area (Å²) in [6, 6.07) is 6.26. The van der Waals surface area contributed by atoms with Crippen LogP contribution in [0.5, 0.6) is 5.88 Å². The number of pyridine rings is 1. The average Bonchev–Trinajstić information content (AvgIpc) is 2.31. The minimum absolute atomic E-state index is 0.353. The van der Waals surface area contributed by atoms with Gasteiger partial charge in [0.1, 0.15) is 5.82 Å². The van der Waals surface area contributed by atoms with Crippen LogP contribution in [0.25, 0.3) is 0 Å². The highest BCUT2D eigenvalue weighted by Gasteiger charge is 2.17. The molecule has 0 atom stereocenters. The molecule has 0 aromatic carbocycles. The van der Waals surface area contributed by atoms with Gasteiger partial charge in [0.15, 0.2) is 0 Å². The van der Waals surface area contributed by atoms with Gasteiger partial charge in [0.05, 0.1) is 6.61 Å². The highest BCUT2D eigenvalue weighted by molar-refractivity contribution is 5.41. The summed E-state index contributed by atoms with van der Waals surface area (Å²) in [6.45, 7) is 4.60. The maximum atomic E-state index is 5.88. The lowest BCUT2D eigenvalue weighted by atomic mass is 10.1. The lowest BCUT2D eigenvalue weighted by Gasteiger charge is -2.31. The van der Waals surface area contributed by atoms with E-state index in [2.05, 4.69) is 9.88 Å². The van der Waals surface area contributed by atoms with Crippen LogP contribution >= 0.6 is 0 Å². The molecule has 0 amide bonds. The zero-order valence-corrected chi connectivity index (χ0v) is 9.72. The van der Waals surface area contributed by atoms with Gasteiger partial charge in [-0.3, -0.25) is 0 Å². The number of ether oxygens (including phenoxy) is 1. The molecule has 4 nitrogen and oxygen atoms in total. The first-order valence-electron chi connectivity index (χ1n) is 5.90. The van der Waals surface area contributed by atoms with Crippen molar-refractivity contribution in [2.24, 2.45) is 5.73 Å². The molecule has 1 aromatic heterocycles. The minimum Gasteiger partial charge on any atom is -0.478 e. The summed E-state index contributed by atoms with van der Waals surface area (Å²) in [5.41, 5.74) is 5.88. The SMILES string of the molecule is CCOc1cccc(N2CCC(N)CC2)n1. The van der Waals surface area contributed by atoms with Gasteiger partial charge in [-0.05, 0) is 25.8 Å². The minimum atomic E-state index is 0.353. The van der Waals surface area contributed by atoms with Crippen molar-refractivity contribution in [1.29, 1.82) is 0 Å². The summed E-state index contributed by atoms with van der Waals surface area (Å²) in [6.07, 6.45) is 2.08. The number of anilines is 1. The number of aromatic nitrogens is 1. The summed E-state index contributed by atoms with van der Waals surface area (Å²) in [4.78, 5) is 6.74. The number of rotatable bonds is 3. The second-order valence-corrected chi connectivity index (χ2v) is 4.09. The van der Waals surface area contributed by atoms with Crippen molar-refractivity contribution < 1.29 is 4.74 Å². The van der Waals surface area contributed by atoms with E-state index in [4.69, 9.17) is 10.5 Å². The van der Waals surface area contributed by atoms with E-state index in [0.29, 0.717) is 18.5 Å². The smallest absolute Gasteiger partial charge is 0.215 e. The van der Waals surface area contributed by atoms with E-state index in [9.17, 15) is 0 Å². The number of hydrogen-bond donors (Lipinski definition) is 1. The summed E-state index contributed by atoms with van der Waals surface area (Å²) in [5, 5.41) is 0. The highest BCUT2D eigenvalue weighted by atomic mass is 16.5. The van der Waals surface area contributed by atoms with Crippen molar-refractivity contribution in [3.8, 4) is 5.88 Å². The summed E-state index contributed by atoms with van der Waals surface area (Å²) in [5.74, 6) is 1.70. The molecule has 1 fully saturated rings. The number of nitrogens with two attached hydrogens (primary N) is 1. The van der Waals surface area contributed by atoms with Crippen LogP contribution in [-0.4, -0.2) is 30.7 Å². The Labute approximate surface area is 96.4 Å². The molecule has 2 rings (SSSR count). The molecule has 4 heteroatoms. The molecule has 0 aliphatic carbocycles. The molecule has 0 bridgehead atoms. The van der Waals surface area contributed by atoms with Gasteiger partial charge in [-0.1, -0.05) is 6.07 Å². The Hall–Kier alpha value is -1.29. The van der Waals surface area contributed by atoms with Crippen LogP contribution in [0.3, 0.4) is 0 Å². The fraction of sp³-hybridized carbons (Fsp3) is 0.583. The summed E-state index contributed by atoms with van der Waals surface area (Å²) >= 11 is 0. The van der Waals surface area contributed by atoms with E-state index in [0.717, 1.165) is 31.7 Å². The molecule has 1 aromatic rings. The van der Waals surface area contributed by atoms with Gasteiger partial charge in [-0.2, -0.15) is 4.98 Å². The molecule has 2 heterocycles. The monoisotopic (exact) mass is 221 g/mol. The van der Waals surface area contributed by atoms with Gasteiger partial charge in [-0.15, -0.1) is 0 Å². The maximum Gasteiger partial charge on any atom is 0.215 e. The van der Waals surface area contributed by atoms with Crippen LogP contribution < -0.4 is 15.4 Å². The summed E-state index contributed by atoms with van der Waals surface area (Å²) < 4.78 is 5.40. The Kier molecular flexibility index (Phi) is 3.62. The number of nitrogens with zero attached hydrogens (tertiary/aromatic N) is 2.